The third-order valence-corrected chi connectivity index (χ3v) is 5.36. The highest BCUT2D eigenvalue weighted by Gasteiger charge is 2.14. The molecule has 0 heterocycles. The van der Waals surface area contributed by atoms with E-state index in [9.17, 15) is 13.2 Å². The summed E-state index contributed by atoms with van der Waals surface area (Å²) in [5, 5.41) is 2.78. The molecule has 3 rings (SSSR count). The Balaban J connectivity index is 1.64. The fraction of sp³-hybridized carbons (Fsp3) is 0.0952. The quantitative estimate of drug-likeness (QED) is 0.679. The molecule has 0 radical (unpaired) electrons. The van der Waals surface area contributed by atoms with Gasteiger partial charge in [-0.15, -0.1) is 0 Å². The number of carbonyl (C=O) groups is 1. The van der Waals surface area contributed by atoms with E-state index in [4.69, 9.17) is 0 Å². The number of aryl methyl sites for hydroxylation is 1. The maximum atomic E-state index is 12.4. The summed E-state index contributed by atoms with van der Waals surface area (Å²) in [6.45, 7) is 1.99. The molecule has 0 aliphatic carbocycles. The average molecular weight is 380 g/mol. The standard InChI is InChI=1S/C21H20N2O3S/c1-16-7-9-17(10-8-16)15-21(24)22-18-11-13-20(14-12-18)27(25,26)23-19-5-3-2-4-6-19/h2-14,23H,15H2,1H3,(H,22,24). The van der Waals surface area contributed by atoms with Crippen molar-refractivity contribution in [3.05, 3.63) is 90.0 Å². The highest BCUT2D eigenvalue weighted by Crippen LogP contribution is 2.18. The summed E-state index contributed by atoms with van der Waals surface area (Å²) in [4.78, 5) is 12.3. The molecule has 0 spiro atoms. The Morgan fingerprint density at radius 1 is 0.815 bits per heavy atom. The van der Waals surface area contributed by atoms with E-state index in [-0.39, 0.29) is 17.2 Å². The molecule has 6 heteroatoms. The lowest BCUT2D eigenvalue weighted by molar-refractivity contribution is -0.115. The van der Waals surface area contributed by atoms with Crippen molar-refractivity contribution >= 4 is 27.3 Å². The first-order valence-electron chi connectivity index (χ1n) is 8.46. The van der Waals surface area contributed by atoms with Crippen LogP contribution in [0.25, 0.3) is 0 Å². The van der Waals surface area contributed by atoms with Gasteiger partial charge in [0.1, 0.15) is 0 Å². The lowest BCUT2D eigenvalue weighted by Crippen LogP contribution is -2.15. The van der Waals surface area contributed by atoms with Crippen LogP contribution in [0.1, 0.15) is 11.1 Å². The van der Waals surface area contributed by atoms with Gasteiger partial charge in [0.05, 0.1) is 11.3 Å². The predicted octanol–water partition coefficient (Wildman–Crippen LogP) is 3.98. The molecule has 138 valence electrons. The summed E-state index contributed by atoms with van der Waals surface area (Å²) in [6.07, 6.45) is 0.260. The zero-order chi connectivity index (χ0) is 19.3. The van der Waals surface area contributed by atoms with E-state index in [1.165, 1.54) is 12.1 Å². The van der Waals surface area contributed by atoms with Gasteiger partial charge in [-0.2, -0.15) is 0 Å². The molecule has 3 aromatic carbocycles. The lowest BCUT2D eigenvalue weighted by Gasteiger charge is -2.09. The Morgan fingerprint density at radius 2 is 1.44 bits per heavy atom. The summed E-state index contributed by atoms with van der Waals surface area (Å²) < 4.78 is 27.3. The number of hydrogen-bond donors (Lipinski definition) is 2. The van der Waals surface area contributed by atoms with Crippen LogP contribution in [-0.2, 0) is 21.2 Å². The van der Waals surface area contributed by atoms with Gasteiger partial charge >= 0.3 is 0 Å². The Labute approximate surface area is 159 Å². The van der Waals surface area contributed by atoms with E-state index in [0.717, 1.165) is 11.1 Å². The maximum Gasteiger partial charge on any atom is 0.261 e. The summed E-state index contributed by atoms with van der Waals surface area (Å²) >= 11 is 0. The Kier molecular flexibility index (Phi) is 5.57. The van der Waals surface area contributed by atoms with Crippen LogP contribution in [0, 0.1) is 6.92 Å². The Hall–Kier alpha value is -3.12. The third-order valence-electron chi connectivity index (χ3n) is 3.96. The predicted molar refractivity (Wildman–Crippen MR) is 107 cm³/mol. The molecule has 2 N–H and O–H groups in total. The smallest absolute Gasteiger partial charge is 0.261 e. The van der Waals surface area contributed by atoms with Crippen molar-refractivity contribution in [1.29, 1.82) is 0 Å². The van der Waals surface area contributed by atoms with Crippen molar-refractivity contribution < 1.29 is 13.2 Å². The first-order chi connectivity index (χ1) is 12.9. The zero-order valence-electron chi connectivity index (χ0n) is 14.8. The molecule has 0 bridgehead atoms. The molecule has 3 aromatic rings. The molecule has 0 unspecified atom stereocenters. The van der Waals surface area contributed by atoms with Crippen molar-refractivity contribution in [3.63, 3.8) is 0 Å². The van der Waals surface area contributed by atoms with Crippen LogP contribution < -0.4 is 10.0 Å². The van der Waals surface area contributed by atoms with Gasteiger partial charge in [-0.05, 0) is 48.9 Å². The van der Waals surface area contributed by atoms with Gasteiger partial charge in [-0.3, -0.25) is 9.52 Å². The van der Waals surface area contributed by atoms with Crippen LogP contribution in [0.5, 0.6) is 0 Å². The lowest BCUT2D eigenvalue weighted by atomic mass is 10.1. The van der Waals surface area contributed by atoms with Gasteiger partial charge < -0.3 is 5.32 Å². The summed E-state index contributed by atoms with van der Waals surface area (Å²) in [6, 6.07) is 22.5. The van der Waals surface area contributed by atoms with Crippen molar-refractivity contribution in [3.8, 4) is 0 Å². The first-order valence-corrected chi connectivity index (χ1v) is 9.94. The number of carbonyl (C=O) groups excluding carboxylic acids is 1. The van der Waals surface area contributed by atoms with E-state index < -0.39 is 10.0 Å². The van der Waals surface area contributed by atoms with E-state index in [1.54, 1.807) is 36.4 Å². The van der Waals surface area contributed by atoms with Gasteiger partial charge in [-0.25, -0.2) is 8.42 Å². The fourth-order valence-electron chi connectivity index (χ4n) is 2.53. The minimum Gasteiger partial charge on any atom is -0.326 e. The molecule has 27 heavy (non-hydrogen) atoms. The molecule has 0 fully saturated rings. The van der Waals surface area contributed by atoms with Crippen LogP contribution in [0.15, 0.2) is 83.8 Å². The maximum absolute atomic E-state index is 12.4. The molecule has 0 saturated heterocycles. The zero-order valence-corrected chi connectivity index (χ0v) is 15.7. The molecule has 1 amide bonds. The van der Waals surface area contributed by atoms with Crippen LogP contribution >= 0.6 is 0 Å². The normalized spacial score (nSPS) is 11.0. The van der Waals surface area contributed by atoms with Crippen LogP contribution in [0.4, 0.5) is 11.4 Å². The van der Waals surface area contributed by atoms with Gasteiger partial charge in [0.2, 0.25) is 5.91 Å². The molecule has 0 saturated carbocycles. The second-order valence-electron chi connectivity index (χ2n) is 6.21. The van der Waals surface area contributed by atoms with Gasteiger partial charge in [0.25, 0.3) is 10.0 Å². The monoisotopic (exact) mass is 380 g/mol. The summed E-state index contributed by atoms with van der Waals surface area (Å²) in [5.41, 5.74) is 3.10. The summed E-state index contributed by atoms with van der Waals surface area (Å²) in [7, 11) is -3.67. The second kappa shape index (κ2) is 8.05. The number of sulfonamides is 1. The number of para-hydroxylation sites is 1. The average Bonchev–Trinajstić information content (AvgIpc) is 2.64. The minimum atomic E-state index is -3.67. The second-order valence-corrected chi connectivity index (χ2v) is 7.89. The molecule has 0 atom stereocenters. The van der Waals surface area contributed by atoms with Crippen LogP contribution in [0.3, 0.4) is 0 Å². The van der Waals surface area contributed by atoms with E-state index in [0.29, 0.717) is 11.4 Å². The molecule has 0 aromatic heterocycles. The number of benzene rings is 3. The van der Waals surface area contributed by atoms with Crippen LogP contribution in [-0.4, -0.2) is 14.3 Å². The molecular formula is C21H20N2O3S. The first kappa shape index (κ1) is 18.7. The Morgan fingerprint density at radius 3 is 2.07 bits per heavy atom. The number of rotatable bonds is 6. The topological polar surface area (TPSA) is 75.3 Å². The van der Waals surface area contributed by atoms with Gasteiger partial charge in [0.15, 0.2) is 0 Å². The van der Waals surface area contributed by atoms with Gasteiger partial charge in [-0.1, -0.05) is 48.0 Å². The molecule has 0 aliphatic rings. The highest BCUT2D eigenvalue weighted by molar-refractivity contribution is 7.92. The molecular weight excluding hydrogens is 360 g/mol. The third kappa shape index (κ3) is 5.18. The van der Waals surface area contributed by atoms with Crippen molar-refractivity contribution in [2.75, 3.05) is 10.0 Å². The Bertz CT molecular complexity index is 1010. The molecule has 5 nitrogen and oxygen atoms in total. The van der Waals surface area contributed by atoms with Crippen LogP contribution in [0.2, 0.25) is 0 Å². The SMILES string of the molecule is Cc1ccc(CC(=O)Nc2ccc(S(=O)(=O)Nc3ccccc3)cc2)cc1. The largest absolute Gasteiger partial charge is 0.326 e. The summed E-state index contributed by atoms with van der Waals surface area (Å²) in [5.74, 6) is -0.156. The molecule has 0 aliphatic heterocycles. The number of anilines is 2. The van der Waals surface area contributed by atoms with Crippen molar-refractivity contribution in [2.24, 2.45) is 0 Å². The number of nitrogens with one attached hydrogen (secondary N) is 2. The van der Waals surface area contributed by atoms with E-state index in [2.05, 4.69) is 10.0 Å². The van der Waals surface area contributed by atoms with E-state index >= 15 is 0 Å². The van der Waals surface area contributed by atoms with Crippen molar-refractivity contribution in [1.82, 2.24) is 0 Å². The number of hydrogen-bond acceptors (Lipinski definition) is 3. The van der Waals surface area contributed by atoms with E-state index in [1.807, 2.05) is 37.3 Å². The van der Waals surface area contributed by atoms with Gasteiger partial charge in [0, 0.05) is 11.4 Å². The minimum absolute atomic E-state index is 0.128. The fourth-order valence-corrected chi connectivity index (χ4v) is 3.59. The number of amides is 1. The highest BCUT2D eigenvalue weighted by atomic mass is 32.2. The van der Waals surface area contributed by atoms with Crippen molar-refractivity contribution in [2.45, 2.75) is 18.2 Å².